The monoisotopic (exact) mass is 463 g/mol. The van der Waals surface area contributed by atoms with Crippen molar-refractivity contribution < 1.29 is 32.5 Å². The van der Waals surface area contributed by atoms with Gasteiger partial charge in [-0.05, 0) is 23.8 Å². The fourth-order valence-corrected chi connectivity index (χ4v) is 3.27. The molecule has 0 saturated carbocycles. The van der Waals surface area contributed by atoms with E-state index in [4.69, 9.17) is 9.47 Å². The number of nitrogens with zero attached hydrogens (tertiary/aromatic N) is 2. The molecule has 0 fully saturated rings. The van der Waals surface area contributed by atoms with Crippen LogP contribution in [0.3, 0.4) is 0 Å². The normalized spacial score (nSPS) is 13.3. The predicted molar refractivity (Wildman–Crippen MR) is 114 cm³/mol. The highest BCUT2D eigenvalue weighted by Gasteiger charge is 2.57. The minimum atomic E-state index is -4.97. The number of hydrogen-bond donors (Lipinski definition) is 2. The quantitative estimate of drug-likeness (QED) is 0.507. The van der Waals surface area contributed by atoms with Gasteiger partial charge in [0.1, 0.15) is 12.4 Å². The first-order chi connectivity index (χ1) is 15.7. The Morgan fingerprint density at radius 3 is 2.48 bits per heavy atom. The number of rotatable bonds is 9. The van der Waals surface area contributed by atoms with Crippen LogP contribution >= 0.6 is 0 Å². The van der Waals surface area contributed by atoms with Crippen molar-refractivity contribution in [1.82, 2.24) is 14.9 Å². The van der Waals surface area contributed by atoms with Crippen LogP contribution in [0, 0.1) is 0 Å². The number of ether oxygens (including phenoxy) is 2. The Labute approximate surface area is 188 Å². The van der Waals surface area contributed by atoms with Gasteiger partial charge in [0, 0.05) is 38.0 Å². The van der Waals surface area contributed by atoms with Crippen LogP contribution in [0.5, 0.6) is 11.5 Å². The zero-order chi connectivity index (χ0) is 24.1. The number of aryl methyl sites for hydroxylation is 1. The summed E-state index contributed by atoms with van der Waals surface area (Å²) in [6.07, 6.45) is -3.31. The fraction of sp³-hybridized carbons (Fsp3) is 0.304. The molecular formula is C23H24F3N3O4. The maximum atomic E-state index is 13.6. The van der Waals surface area contributed by atoms with Gasteiger partial charge in [0.05, 0.1) is 7.11 Å². The van der Waals surface area contributed by atoms with Crippen LogP contribution in [-0.4, -0.2) is 40.4 Å². The molecule has 0 spiro atoms. The van der Waals surface area contributed by atoms with E-state index < -0.39 is 36.5 Å². The summed E-state index contributed by atoms with van der Waals surface area (Å²) in [6.45, 7) is -0.137. The topological polar surface area (TPSA) is 85.6 Å². The molecule has 0 aliphatic carbocycles. The van der Waals surface area contributed by atoms with Gasteiger partial charge in [-0.3, -0.25) is 4.79 Å². The summed E-state index contributed by atoms with van der Waals surface area (Å²) in [5.74, 6) is -0.448. The van der Waals surface area contributed by atoms with Crippen molar-refractivity contribution in [1.29, 1.82) is 0 Å². The van der Waals surface area contributed by atoms with E-state index in [-0.39, 0.29) is 5.56 Å². The van der Waals surface area contributed by atoms with Gasteiger partial charge in [-0.1, -0.05) is 30.3 Å². The Bertz CT molecular complexity index is 1090. The van der Waals surface area contributed by atoms with E-state index in [9.17, 15) is 23.1 Å². The van der Waals surface area contributed by atoms with E-state index in [1.165, 1.54) is 38.7 Å². The SMILES string of the molecule is COc1cc(C(=O)NCCC(O)(c2nccn2C)C(F)(F)F)ccc1OCc1ccccc1. The zero-order valence-corrected chi connectivity index (χ0v) is 18.1. The number of alkyl halides is 3. The lowest BCUT2D eigenvalue weighted by molar-refractivity contribution is -0.272. The van der Waals surface area contributed by atoms with E-state index in [1.54, 1.807) is 6.07 Å². The predicted octanol–water partition coefficient (Wildman–Crippen LogP) is 3.58. The minimum absolute atomic E-state index is 0.173. The summed E-state index contributed by atoms with van der Waals surface area (Å²) < 4.78 is 52.9. The molecule has 1 atom stereocenters. The highest BCUT2D eigenvalue weighted by Crippen LogP contribution is 2.40. The molecular weight excluding hydrogens is 439 g/mol. The lowest BCUT2D eigenvalue weighted by atomic mass is 9.97. The second kappa shape index (κ2) is 9.95. The molecule has 3 aromatic rings. The van der Waals surface area contributed by atoms with Crippen molar-refractivity contribution in [2.45, 2.75) is 24.8 Å². The second-order valence-corrected chi connectivity index (χ2v) is 7.37. The third-order valence-electron chi connectivity index (χ3n) is 5.10. The summed E-state index contributed by atoms with van der Waals surface area (Å²) >= 11 is 0. The fourth-order valence-electron chi connectivity index (χ4n) is 3.27. The molecule has 1 heterocycles. The molecule has 1 unspecified atom stereocenters. The molecule has 0 bridgehead atoms. The molecule has 7 nitrogen and oxygen atoms in total. The molecule has 176 valence electrons. The van der Waals surface area contributed by atoms with Gasteiger partial charge in [0.2, 0.25) is 5.60 Å². The molecule has 0 saturated heterocycles. The van der Waals surface area contributed by atoms with Gasteiger partial charge in [-0.15, -0.1) is 0 Å². The average Bonchev–Trinajstić information content (AvgIpc) is 3.23. The number of carbonyl (C=O) groups is 1. The highest BCUT2D eigenvalue weighted by atomic mass is 19.4. The summed E-state index contributed by atoms with van der Waals surface area (Å²) in [4.78, 5) is 16.1. The van der Waals surface area contributed by atoms with Crippen molar-refractivity contribution in [3.05, 3.63) is 77.9 Å². The molecule has 0 radical (unpaired) electrons. The molecule has 1 aromatic heterocycles. The van der Waals surface area contributed by atoms with Crippen molar-refractivity contribution in [2.24, 2.45) is 7.05 Å². The minimum Gasteiger partial charge on any atom is -0.493 e. The van der Waals surface area contributed by atoms with E-state index in [0.29, 0.717) is 18.1 Å². The number of methoxy groups -OCH3 is 1. The van der Waals surface area contributed by atoms with Crippen LogP contribution in [0.1, 0.15) is 28.2 Å². The Morgan fingerprint density at radius 2 is 1.88 bits per heavy atom. The maximum absolute atomic E-state index is 13.6. The van der Waals surface area contributed by atoms with Gasteiger partial charge < -0.3 is 24.5 Å². The van der Waals surface area contributed by atoms with Crippen molar-refractivity contribution in [3.8, 4) is 11.5 Å². The van der Waals surface area contributed by atoms with E-state index in [2.05, 4.69) is 10.3 Å². The molecule has 0 aliphatic rings. The van der Waals surface area contributed by atoms with Crippen molar-refractivity contribution in [3.63, 3.8) is 0 Å². The number of amides is 1. The van der Waals surface area contributed by atoms with E-state index in [1.807, 2.05) is 30.3 Å². The van der Waals surface area contributed by atoms with Crippen LogP contribution < -0.4 is 14.8 Å². The summed E-state index contributed by atoms with van der Waals surface area (Å²) in [5.41, 5.74) is -2.08. The van der Waals surface area contributed by atoms with Gasteiger partial charge in [-0.25, -0.2) is 4.98 Å². The summed E-state index contributed by atoms with van der Waals surface area (Å²) in [7, 11) is 2.77. The molecule has 2 aromatic carbocycles. The number of hydrogen-bond acceptors (Lipinski definition) is 5. The van der Waals surface area contributed by atoms with Crippen LogP contribution in [0.2, 0.25) is 0 Å². The Kier molecular flexibility index (Phi) is 7.27. The first kappa shape index (κ1) is 24.1. The number of imidazole rings is 1. The van der Waals surface area contributed by atoms with Crippen LogP contribution in [0.4, 0.5) is 13.2 Å². The van der Waals surface area contributed by atoms with Gasteiger partial charge >= 0.3 is 6.18 Å². The molecule has 10 heteroatoms. The highest BCUT2D eigenvalue weighted by molar-refractivity contribution is 5.94. The van der Waals surface area contributed by atoms with Crippen LogP contribution in [0.15, 0.2) is 60.9 Å². The average molecular weight is 463 g/mol. The number of nitrogens with one attached hydrogen (secondary N) is 1. The van der Waals surface area contributed by atoms with Gasteiger partial charge in [-0.2, -0.15) is 13.2 Å². The third kappa shape index (κ3) is 5.46. The van der Waals surface area contributed by atoms with Gasteiger partial charge in [0.15, 0.2) is 11.5 Å². The number of carbonyl (C=O) groups excluding carboxylic acids is 1. The first-order valence-electron chi connectivity index (χ1n) is 10.1. The molecule has 33 heavy (non-hydrogen) atoms. The zero-order valence-electron chi connectivity index (χ0n) is 18.1. The number of aromatic nitrogens is 2. The maximum Gasteiger partial charge on any atom is 0.424 e. The van der Waals surface area contributed by atoms with E-state index >= 15 is 0 Å². The number of halogens is 3. The largest absolute Gasteiger partial charge is 0.493 e. The molecule has 2 N–H and O–H groups in total. The number of benzene rings is 2. The molecule has 0 aliphatic heterocycles. The Morgan fingerprint density at radius 1 is 1.15 bits per heavy atom. The van der Waals surface area contributed by atoms with Crippen molar-refractivity contribution in [2.75, 3.05) is 13.7 Å². The third-order valence-corrected chi connectivity index (χ3v) is 5.10. The van der Waals surface area contributed by atoms with E-state index in [0.717, 1.165) is 10.1 Å². The van der Waals surface area contributed by atoms with Gasteiger partial charge in [0.25, 0.3) is 5.91 Å². The van der Waals surface area contributed by atoms with Crippen molar-refractivity contribution >= 4 is 5.91 Å². The summed E-state index contributed by atoms with van der Waals surface area (Å²) in [5, 5.41) is 12.8. The van der Waals surface area contributed by atoms with Crippen LogP contribution in [0.25, 0.3) is 0 Å². The molecule has 3 rings (SSSR count). The Balaban J connectivity index is 1.65. The molecule has 1 amide bonds. The lowest BCUT2D eigenvalue weighted by Crippen LogP contribution is -2.46. The first-order valence-corrected chi connectivity index (χ1v) is 10.1. The second-order valence-electron chi connectivity index (χ2n) is 7.37. The van der Waals surface area contributed by atoms with Crippen LogP contribution in [-0.2, 0) is 19.3 Å². The summed E-state index contributed by atoms with van der Waals surface area (Å²) in [6, 6.07) is 13.9. The standard InChI is InChI=1S/C23H24F3N3O4/c1-29-13-12-28-21(29)22(31,23(24,25)26)10-11-27-20(30)17-8-9-18(19(14-17)32-2)33-15-16-6-4-3-5-7-16/h3-9,12-14,31H,10-11,15H2,1-2H3,(H,27,30). The Hall–Kier alpha value is -3.53. The smallest absolute Gasteiger partial charge is 0.424 e. The number of aliphatic hydroxyl groups is 1. The lowest BCUT2D eigenvalue weighted by Gasteiger charge is -2.30.